The molecule has 0 aliphatic rings. The Bertz CT molecular complexity index is 134. The van der Waals surface area contributed by atoms with Crippen LogP contribution in [-0.4, -0.2) is 17.9 Å². The van der Waals surface area contributed by atoms with Crippen molar-refractivity contribution in [2.45, 2.75) is 19.8 Å². The van der Waals surface area contributed by atoms with Gasteiger partial charge in [-0.2, -0.15) is 0 Å². The molecule has 0 atom stereocenters. The second-order valence-corrected chi connectivity index (χ2v) is 1.97. The second kappa shape index (κ2) is 7.08. The SMILES string of the molecule is CCC/C=C\COC(=O)NO. The van der Waals surface area contributed by atoms with Crippen molar-refractivity contribution in [3.63, 3.8) is 0 Å². The normalized spacial score (nSPS) is 10.0. The van der Waals surface area contributed by atoms with E-state index >= 15 is 0 Å². The lowest BCUT2D eigenvalue weighted by atomic mass is 10.3. The fourth-order valence-corrected chi connectivity index (χ4v) is 0.509. The third-order valence-corrected chi connectivity index (χ3v) is 1.02. The fourth-order valence-electron chi connectivity index (χ4n) is 0.509. The predicted octanol–water partition coefficient (Wildman–Crippen LogP) is 1.46. The Labute approximate surface area is 65.8 Å². The van der Waals surface area contributed by atoms with Crippen molar-refractivity contribution in [3.05, 3.63) is 12.2 Å². The zero-order chi connectivity index (χ0) is 8.53. The summed E-state index contributed by atoms with van der Waals surface area (Å²) >= 11 is 0. The Morgan fingerprint density at radius 3 is 2.91 bits per heavy atom. The monoisotopic (exact) mass is 159 g/mol. The molecule has 0 aromatic carbocycles. The number of carbonyl (C=O) groups excluding carboxylic acids is 1. The molecule has 4 nitrogen and oxygen atoms in total. The van der Waals surface area contributed by atoms with Crippen LogP contribution >= 0.6 is 0 Å². The first-order chi connectivity index (χ1) is 5.31. The zero-order valence-corrected chi connectivity index (χ0v) is 6.54. The summed E-state index contributed by atoms with van der Waals surface area (Å²) in [7, 11) is 0. The lowest BCUT2D eigenvalue weighted by Gasteiger charge is -1.96. The molecule has 0 aliphatic carbocycles. The first-order valence-corrected chi connectivity index (χ1v) is 3.53. The lowest BCUT2D eigenvalue weighted by molar-refractivity contribution is 0.0969. The molecule has 0 aromatic rings. The Hall–Kier alpha value is -1.03. The van der Waals surface area contributed by atoms with Crippen LogP contribution in [0.2, 0.25) is 0 Å². The van der Waals surface area contributed by atoms with Gasteiger partial charge in [0.2, 0.25) is 0 Å². The number of nitrogens with one attached hydrogen (secondary N) is 1. The third kappa shape index (κ3) is 6.86. The van der Waals surface area contributed by atoms with Gasteiger partial charge in [0.15, 0.2) is 0 Å². The van der Waals surface area contributed by atoms with Crippen molar-refractivity contribution >= 4 is 6.09 Å². The molecule has 0 radical (unpaired) electrons. The van der Waals surface area contributed by atoms with Gasteiger partial charge in [0.25, 0.3) is 0 Å². The maximum absolute atomic E-state index is 10.2. The zero-order valence-electron chi connectivity index (χ0n) is 6.54. The minimum atomic E-state index is -0.828. The summed E-state index contributed by atoms with van der Waals surface area (Å²) < 4.78 is 4.45. The van der Waals surface area contributed by atoms with E-state index < -0.39 is 6.09 Å². The molecule has 0 aliphatic heterocycles. The van der Waals surface area contributed by atoms with Crippen LogP contribution in [0.4, 0.5) is 4.79 Å². The van der Waals surface area contributed by atoms with Gasteiger partial charge in [-0.25, -0.2) is 10.3 Å². The molecule has 0 rings (SSSR count). The maximum atomic E-state index is 10.2. The van der Waals surface area contributed by atoms with Crippen LogP contribution in [0.15, 0.2) is 12.2 Å². The van der Waals surface area contributed by atoms with E-state index in [0.717, 1.165) is 12.8 Å². The van der Waals surface area contributed by atoms with Gasteiger partial charge >= 0.3 is 6.09 Å². The smallest absolute Gasteiger partial charge is 0.431 e. The number of amides is 1. The van der Waals surface area contributed by atoms with Gasteiger partial charge in [0.1, 0.15) is 6.61 Å². The van der Waals surface area contributed by atoms with E-state index in [1.807, 2.05) is 6.08 Å². The number of rotatable bonds is 4. The van der Waals surface area contributed by atoms with Gasteiger partial charge in [-0.15, -0.1) is 0 Å². The van der Waals surface area contributed by atoms with E-state index in [-0.39, 0.29) is 6.61 Å². The highest BCUT2D eigenvalue weighted by molar-refractivity contribution is 5.65. The largest absolute Gasteiger partial charge is 0.444 e. The van der Waals surface area contributed by atoms with Gasteiger partial charge in [-0.05, 0) is 6.42 Å². The van der Waals surface area contributed by atoms with Gasteiger partial charge < -0.3 is 4.74 Å². The van der Waals surface area contributed by atoms with Crippen molar-refractivity contribution in [2.75, 3.05) is 6.61 Å². The molecule has 0 spiro atoms. The summed E-state index contributed by atoms with van der Waals surface area (Å²) in [5, 5.41) is 7.99. The molecule has 0 heterocycles. The molecule has 0 saturated heterocycles. The summed E-state index contributed by atoms with van der Waals surface area (Å²) in [6.07, 6.45) is 4.88. The number of unbranched alkanes of at least 4 members (excludes halogenated alkanes) is 1. The van der Waals surface area contributed by atoms with Crippen LogP contribution in [0, 0.1) is 0 Å². The Kier molecular flexibility index (Phi) is 6.42. The van der Waals surface area contributed by atoms with Crippen LogP contribution in [0.25, 0.3) is 0 Å². The maximum Gasteiger partial charge on any atom is 0.431 e. The average Bonchev–Trinajstić information content (AvgIpc) is 2.04. The van der Waals surface area contributed by atoms with Crippen LogP contribution < -0.4 is 5.48 Å². The molecule has 2 N–H and O–H groups in total. The molecule has 0 unspecified atom stereocenters. The van der Waals surface area contributed by atoms with Gasteiger partial charge in [-0.3, -0.25) is 5.21 Å². The van der Waals surface area contributed by atoms with Crippen molar-refractivity contribution in [2.24, 2.45) is 0 Å². The first kappa shape index (κ1) is 9.97. The first-order valence-electron chi connectivity index (χ1n) is 3.53. The molecular formula is C7H13NO3. The number of hydrogen-bond donors (Lipinski definition) is 2. The van der Waals surface area contributed by atoms with Gasteiger partial charge in [-0.1, -0.05) is 25.5 Å². The minimum absolute atomic E-state index is 0.201. The molecule has 64 valence electrons. The standard InChI is InChI=1S/C7H13NO3/c1-2-3-4-5-6-11-7(9)8-10/h4-5,10H,2-3,6H2,1H3,(H,8,9)/b5-4-. The summed E-state index contributed by atoms with van der Waals surface area (Å²) in [4.78, 5) is 10.2. The topological polar surface area (TPSA) is 58.6 Å². The molecule has 4 heteroatoms. The average molecular weight is 159 g/mol. The fraction of sp³-hybridized carbons (Fsp3) is 0.571. The van der Waals surface area contributed by atoms with Crippen LogP contribution in [-0.2, 0) is 4.74 Å². The molecule has 0 saturated carbocycles. The highest BCUT2D eigenvalue weighted by Crippen LogP contribution is 1.88. The van der Waals surface area contributed by atoms with E-state index in [1.54, 1.807) is 6.08 Å². The quantitative estimate of drug-likeness (QED) is 0.371. The van der Waals surface area contributed by atoms with Crippen molar-refractivity contribution in [3.8, 4) is 0 Å². The van der Waals surface area contributed by atoms with E-state index in [4.69, 9.17) is 5.21 Å². The number of carbonyl (C=O) groups is 1. The van der Waals surface area contributed by atoms with E-state index in [1.165, 1.54) is 5.48 Å². The molecule has 0 aromatic heterocycles. The molecule has 0 bridgehead atoms. The summed E-state index contributed by atoms with van der Waals surface area (Å²) in [5.41, 5.74) is 1.36. The van der Waals surface area contributed by atoms with E-state index in [2.05, 4.69) is 11.7 Å². The van der Waals surface area contributed by atoms with Crippen LogP contribution in [0.1, 0.15) is 19.8 Å². The number of hydrogen-bond acceptors (Lipinski definition) is 3. The number of allylic oxidation sites excluding steroid dienone is 1. The number of hydroxylamine groups is 1. The molecular weight excluding hydrogens is 146 g/mol. The predicted molar refractivity (Wildman–Crippen MR) is 40.3 cm³/mol. The van der Waals surface area contributed by atoms with E-state index in [9.17, 15) is 4.79 Å². The summed E-state index contributed by atoms with van der Waals surface area (Å²) in [5.74, 6) is 0. The minimum Gasteiger partial charge on any atom is -0.444 e. The van der Waals surface area contributed by atoms with Gasteiger partial charge in [0.05, 0.1) is 0 Å². The van der Waals surface area contributed by atoms with Crippen LogP contribution in [0.3, 0.4) is 0 Å². The summed E-state index contributed by atoms with van der Waals surface area (Å²) in [6, 6.07) is 0. The highest BCUT2D eigenvalue weighted by Gasteiger charge is 1.93. The van der Waals surface area contributed by atoms with Crippen molar-refractivity contribution in [1.29, 1.82) is 0 Å². The second-order valence-electron chi connectivity index (χ2n) is 1.97. The highest BCUT2D eigenvalue weighted by atomic mass is 16.6. The summed E-state index contributed by atoms with van der Waals surface area (Å²) in [6.45, 7) is 2.26. The Morgan fingerprint density at radius 2 is 2.36 bits per heavy atom. The molecule has 0 fully saturated rings. The van der Waals surface area contributed by atoms with Crippen molar-refractivity contribution in [1.82, 2.24) is 5.48 Å². The van der Waals surface area contributed by atoms with Crippen LogP contribution in [0.5, 0.6) is 0 Å². The Morgan fingerprint density at radius 1 is 1.64 bits per heavy atom. The lowest BCUT2D eigenvalue weighted by Crippen LogP contribution is -2.19. The third-order valence-electron chi connectivity index (χ3n) is 1.02. The molecule has 1 amide bonds. The van der Waals surface area contributed by atoms with E-state index in [0.29, 0.717) is 0 Å². The van der Waals surface area contributed by atoms with Crippen molar-refractivity contribution < 1.29 is 14.7 Å². The van der Waals surface area contributed by atoms with Gasteiger partial charge in [0, 0.05) is 0 Å². The molecule has 11 heavy (non-hydrogen) atoms. The Balaban J connectivity index is 3.19. The number of ether oxygens (including phenoxy) is 1.